The lowest BCUT2D eigenvalue weighted by molar-refractivity contribution is 1.50. The van der Waals surface area contributed by atoms with Gasteiger partial charge in [0.1, 0.15) is 0 Å². The zero-order chi connectivity index (χ0) is 6.41. The molecule has 0 unspecified atom stereocenters. The summed E-state index contributed by atoms with van der Waals surface area (Å²) in [4.78, 5) is 0.896. The van der Waals surface area contributed by atoms with Gasteiger partial charge in [-0.2, -0.15) is 0 Å². The number of rotatable bonds is 1. The molecule has 0 heterocycles. The molecule has 1 aliphatic carbocycles. The first-order chi connectivity index (χ1) is 3.81. The molecule has 0 nitrogen and oxygen atoms in total. The molecule has 1 fully saturated rings. The summed E-state index contributed by atoms with van der Waals surface area (Å²) >= 11 is 11.6. The van der Waals surface area contributed by atoms with E-state index in [-0.39, 0.29) is 0 Å². The molecule has 0 aromatic rings. The summed E-state index contributed by atoms with van der Waals surface area (Å²) in [6, 6.07) is 0. The van der Waals surface area contributed by atoms with Gasteiger partial charge in [-0.1, -0.05) is 31.9 Å². The van der Waals surface area contributed by atoms with Gasteiger partial charge in [-0.25, -0.2) is 0 Å². The lowest BCUT2D eigenvalue weighted by Crippen LogP contribution is -1.62. The Morgan fingerprint density at radius 1 is 1.50 bits per heavy atom. The first-order valence-electron chi connectivity index (χ1n) is 2.57. The van der Waals surface area contributed by atoms with Gasteiger partial charge in [-0.15, -0.1) is 11.6 Å². The Bertz CT molecular complexity index is 43.7. The van der Waals surface area contributed by atoms with Crippen molar-refractivity contribution in [2.24, 2.45) is 0 Å². The fourth-order valence-corrected chi connectivity index (χ4v) is 0.327. The maximum atomic E-state index is 5.14. The molecule has 0 radical (unpaired) electrons. The summed E-state index contributed by atoms with van der Waals surface area (Å²) in [6.45, 7) is 0. The Hall–Kier alpha value is 1.25. The van der Waals surface area contributed by atoms with Gasteiger partial charge in [0.2, 0.25) is 0 Å². The van der Waals surface area contributed by atoms with Crippen LogP contribution in [-0.2, 0) is 0 Å². The molecule has 0 N–H and O–H groups in total. The molecule has 0 aromatic heterocycles. The highest BCUT2D eigenvalue weighted by Gasteiger charge is 2.15. The number of halogens is 3. The van der Waals surface area contributed by atoms with Crippen LogP contribution in [0.1, 0.15) is 12.8 Å². The minimum Gasteiger partial charge on any atom is -0.126 e. The molecule has 0 bridgehead atoms. The molecule has 1 saturated carbocycles. The van der Waals surface area contributed by atoms with Gasteiger partial charge in [0.25, 0.3) is 0 Å². The van der Waals surface area contributed by atoms with E-state index in [1.54, 1.807) is 0 Å². The standard InChI is InChI=1S/C3H5Br.C2H4BrCl/c4-3-1-2-3;3-1-2-4/h3H,1-2H2;1-2H2. The first-order valence-corrected chi connectivity index (χ1v) is 5.14. The Kier molecular flexibility index (Phi) is 7.37. The fraction of sp³-hybridized carbons (Fsp3) is 1.00. The molecule has 1 aliphatic rings. The summed E-state index contributed by atoms with van der Waals surface area (Å²) in [5.41, 5.74) is 0. The quantitative estimate of drug-likeness (QED) is 0.638. The fourth-order valence-electron chi connectivity index (χ4n) is 0.0630. The maximum absolute atomic E-state index is 5.14. The monoisotopic (exact) mass is 262 g/mol. The highest BCUT2D eigenvalue weighted by Crippen LogP contribution is 2.27. The van der Waals surface area contributed by atoms with Crippen LogP contribution in [0.15, 0.2) is 0 Å². The first kappa shape index (κ1) is 9.25. The Morgan fingerprint density at radius 3 is 1.75 bits per heavy atom. The zero-order valence-corrected chi connectivity index (χ0v) is 8.47. The Labute approximate surface area is 72.2 Å². The molecule has 1 rings (SSSR count). The van der Waals surface area contributed by atoms with Gasteiger partial charge in [-0.05, 0) is 12.8 Å². The average molecular weight is 264 g/mol. The van der Waals surface area contributed by atoms with Gasteiger partial charge < -0.3 is 0 Å². The van der Waals surface area contributed by atoms with E-state index in [9.17, 15) is 0 Å². The lowest BCUT2D eigenvalue weighted by atomic mass is 11.0. The summed E-state index contributed by atoms with van der Waals surface area (Å²) in [6.07, 6.45) is 2.81. The van der Waals surface area contributed by atoms with Crippen LogP contribution in [-0.4, -0.2) is 16.0 Å². The maximum Gasteiger partial charge on any atom is 0.0320 e. The number of hydrogen-bond donors (Lipinski definition) is 0. The van der Waals surface area contributed by atoms with Crippen LogP contribution in [0.25, 0.3) is 0 Å². The molecular formula is C5H9Br2Cl. The second kappa shape index (κ2) is 6.37. The van der Waals surface area contributed by atoms with Crippen LogP contribution in [0.3, 0.4) is 0 Å². The minimum absolute atomic E-state index is 0.708. The molecule has 8 heavy (non-hydrogen) atoms. The van der Waals surface area contributed by atoms with E-state index in [1.807, 2.05) is 0 Å². The molecule has 0 atom stereocenters. The van der Waals surface area contributed by atoms with Crippen molar-refractivity contribution in [3.05, 3.63) is 0 Å². The van der Waals surface area contributed by atoms with Crippen molar-refractivity contribution in [2.45, 2.75) is 17.7 Å². The summed E-state index contributed by atoms with van der Waals surface area (Å²) in [5, 5.41) is 0.897. The normalized spacial score (nSPS) is 16.9. The smallest absolute Gasteiger partial charge is 0.0320 e. The largest absolute Gasteiger partial charge is 0.126 e. The zero-order valence-electron chi connectivity index (χ0n) is 4.54. The van der Waals surface area contributed by atoms with E-state index in [1.165, 1.54) is 12.8 Å². The van der Waals surface area contributed by atoms with E-state index in [4.69, 9.17) is 11.6 Å². The van der Waals surface area contributed by atoms with Crippen molar-refractivity contribution >= 4 is 43.5 Å². The SMILES string of the molecule is BrC1CC1.ClCCBr. The van der Waals surface area contributed by atoms with Crippen LogP contribution >= 0.6 is 43.5 Å². The van der Waals surface area contributed by atoms with Crippen molar-refractivity contribution in [3.8, 4) is 0 Å². The topological polar surface area (TPSA) is 0 Å². The highest BCUT2D eigenvalue weighted by atomic mass is 79.9. The number of alkyl halides is 3. The van der Waals surface area contributed by atoms with Crippen LogP contribution in [0.2, 0.25) is 0 Å². The summed E-state index contributed by atoms with van der Waals surface area (Å²) < 4.78 is 0. The van der Waals surface area contributed by atoms with Gasteiger partial charge >= 0.3 is 0 Å². The third-order valence-corrected chi connectivity index (χ3v) is 2.54. The van der Waals surface area contributed by atoms with E-state index >= 15 is 0 Å². The van der Waals surface area contributed by atoms with Gasteiger partial charge in [0.05, 0.1) is 0 Å². The van der Waals surface area contributed by atoms with E-state index in [0.717, 1.165) is 10.2 Å². The second-order valence-electron chi connectivity index (χ2n) is 1.55. The van der Waals surface area contributed by atoms with Gasteiger partial charge in [-0.3, -0.25) is 0 Å². The summed E-state index contributed by atoms with van der Waals surface area (Å²) in [7, 11) is 0. The predicted octanol–water partition coefficient (Wildman–Crippen LogP) is 3.16. The van der Waals surface area contributed by atoms with E-state index < -0.39 is 0 Å². The van der Waals surface area contributed by atoms with Crippen LogP contribution in [0.4, 0.5) is 0 Å². The molecule has 0 aromatic carbocycles. The molecule has 0 spiro atoms. The van der Waals surface area contributed by atoms with Crippen LogP contribution in [0, 0.1) is 0 Å². The van der Waals surface area contributed by atoms with Gasteiger partial charge in [0, 0.05) is 16.0 Å². The summed E-state index contributed by atoms with van der Waals surface area (Å²) in [5.74, 6) is 0.708. The van der Waals surface area contributed by atoms with Crippen LogP contribution < -0.4 is 0 Å². The average Bonchev–Trinajstić information content (AvgIpc) is 2.52. The third-order valence-electron chi connectivity index (χ3n) is 0.578. The molecule has 0 aliphatic heterocycles. The highest BCUT2D eigenvalue weighted by molar-refractivity contribution is 9.09. The Balaban J connectivity index is 0.000000122. The van der Waals surface area contributed by atoms with Crippen molar-refractivity contribution in [1.29, 1.82) is 0 Å². The minimum atomic E-state index is 0.708. The molecule has 0 saturated heterocycles. The lowest BCUT2D eigenvalue weighted by Gasteiger charge is -1.63. The molecule has 3 heteroatoms. The second-order valence-corrected chi connectivity index (χ2v) is 4.02. The molecular weight excluding hydrogens is 255 g/mol. The van der Waals surface area contributed by atoms with E-state index in [0.29, 0.717) is 5.88 Å². The van der Waals surface area contributed by atoms with Crippen molar-refractivity contribution in [1.82, 2.24) is 0 Å². The molecule has 50 valence electrons. The molecule has 0 amide bonds. The van der Waals surface area contributed by atoms with Crippen molar-refractivity contribution in [2.75, 3.05) is 11.2 Å². The Morgan fingerprint density at radius 2 is 1.75 bits per heavy atom. The van der Waals surface area contributed by atoms with Crippen molar-refractivity contribution < 1.29 is 0 Å². The third kappa shape index (κ3) is 10.3. The van der Waals surface area contributed by atoms with E-state index in [2.05, 4.69) is 31.9 Å². The van der Waals surface area contributed by atoms with Crippen molar-refractivity contribution in [3.63, 3.8) is 0 Å². The number of hydrogen-bond acceptors (Lipinski definition) is 0. The van der Waals surface area contributed by atoms with Crippen LogP contribution in [0.5, 0.6) is 0 Å². The van der Waals surface area contributed by atoms with Gasteiger partial charge in [0.15, 0.2) is 0 Å². The predicted molar refractivity (Wildman–Crippen MR) is 46.5 cm³/mol.